The van der Waals surface area contributed by atoms with E-state index < -0.39 is 10.0 Å². The van der Waals surface area contributed by atoms with Gasteiger partial charge in [-0.05, 0) is 27.2 Å². The van der Waals surface area contributed by atoms with Crippen LogP contribution < -0.4 is 4.72 Å². The van der Waals surface area contributed by atoms with Crippen LogP contribution in [-0.4, -0.2) is 33.4 Å². The molecule has 0 heterocycles. The van der Waals surface area contributed by atoms with Crippen molar-refractivity contribution < 1.29 is 13.2 Å². The van der Waals surface area contributed by atoms with E-state index in [-0.39, 0.29) is 18.5 Å². The molecule has 0 unspecified atom stereocenters. The van der Waals surface area contributed by atoms with Crippen molar-refractivity contribution in [3.8, 4) is 0 Å². The quantitative estimate of drug-likeness (QED) is 0.509. The van der Waals surface area contributed by atoms with Crippen LogP contribution in [-0.2, 0) is 14.8 Å². The zero-order chi connectivity index (χ0) is 11.7. The summed E-state index contributed by atoms with van der Waals surface area (Å²) in [6.45, 7) is 6.37. The van der Waals surface area contributed by atoms with Gasteiger partial charge >= 0.3 is 0 Å². The molecule has 1 N–H and O–H groups in total. The predicted octanol–water partition coefficient (Wildman–Crippen LogP) is 1.30. The Morgan fingerprint density at radius 1 is 1.40 bits per heavy atom. The molecule has 0 amide bonds. The molecule has 0 radical (unpaired) electrons. The van der Waals surface area contributed by atoms with Crippen molar-refractivity contribution in [1.29, 1.82) is 0 Å². The summed E-state index contributed by atoms with van der Waals surface area (Å²) in [5.41, 5.74) is 0. The van der Waals surface area contributed by atoms with E-state index in [0.717, 1.165) is 6.42 Å². The number of nitrogens with one attached hydrogen (secondary N) is 1. The van der Waals surface area contributed by atoms with Gasteiger partial charge in [0.1, 0.15) is 0 Å². The van der Waals surface area contributed by atoms with E-state index in [0.29, 0.717) is 6.54 Å². The highest BCUT2D eigenvalue weighted by molar-refractivity contribution is 7.89. The summed E-state index contributed by atoms with van der Waals surface area (Å²) >= 11 is 0. The smallest absolute Gasteiger partial charge is 0.213 e. The minimum atomic E-state index is -3.17. The summed E-state index contributed by atoms with van der Waals surface area (Å²) in [5, 5.41) is 0. The minimum Gasteiger partial charge on any atom is -0.378 e. The first kappa shape index (κ1) is 14.6. The summed E-state index contributed by atoms with van der Waals surface area (Å²) in [6, 6.07) is 0. The lowest BCUT2D eigenvalue weighted by atomic mass is 10.4. The second kappa shape index (κ2) is 7.84. The molecule has 4 nitrogen and oxygen atoms in total. The first-order valence-electron chi connectivity index (χ1n) is 5.18. The second-order valence-corrected chi connectivity index (χ2v) is 5.42. The Balaban J connectivity index is 3.68. The van der Waals surface area contributed by atoms with Crippen LogP contribution in [0, 0.1) is 0 Å². The first-order chi connectivity index (χ1) is 6.98. The van der Waals surface area contributed by atoms with E-state index in [9.17, 15) is 8.42 Å². The standard InChI is InChI=1S/C10H21NO3S/c1-4-5-6-7-11-15(12,13)9-8-14-10(2)3/h4-5,10-11H,6-9H2,1-3H3/b5-4+. The van der Waals surface area contributed by atoms with Crippen LogP contribution in [0.4, 0.5) is 0 Å². The fourth-order valence-electron chi connectivity index (χ4n) is 0.930. The monoisotopic (exact) mass is 235 g/mol. The Labute approximate surface area is 92.8 Å². The van der Waals surface area contributed by atoms with E-state index in [1.54, 1.807) is 0 Å². The molecule has 0 spiro atoms. The average molecular weight is 235 g/mol. The third-order valence-corrected chi connectivity index (χ3v) is 3.02. The lowest BCUT2D eigenvalue weighted by Crippen LogP contribution is -2.29. The topological polar surface area (TPSA) is 55.4 Å². The van der Waals surface area contributed by atoms with Gasteiger partial charge in [-0.1, -0.05) is 12.2 Å². The molecular weight excluding hydrogens is 214 g/mol. The van der Waals surface area contributed by atoms with Crippen molar-refractivity contribution >= 4 is 10.0 Å². The number of allylic oxidation sites excluding steroid dienone is 1. The molecule has 0 saturated heterocycles. The van der Waals surface area contributed by atoms with Crippen molar-refractivity contribution in [2.75, 3.05) is 18.9 Å². The Morgan fingerprint density at radius 2 is 2.07 bits per heavy atom. The van der Waals surface area contributed by atoms with E-state index in [1.165, 1.54) is 0 Å². The van der Waals surface area contributed by atoms with E-state index in [1.807, 2.05) is 32.9 Å². The fourth-order valence-corrected chi connectivity index (χ4v) is 1.82. The van der Waals surface area contributed by atoms with E-state index in [4.69, 9.17) is 4.74 Å². The molecule has 0 aromatic heterocycles. The fraction of sp³-hybridized carbons (Fsp3) is 0.800. The Hall–Kier alpha value is -0.390. The lowest BCUT2D eigenvalue weighted by molar-refractivity contribution is 0.0911. The van der Waals surface area contributed by atoms with Gasteiger partial charge in [0.2, 0.25) is 10.0 Å². The molecule has 0 saturated carbocycles. The largest absolute Gasteiger partial charge is 0.378 e. The molecule has 5 heteroatoms. The van der Waals surface area contributed by atoms with E-state index in [2.05, 4.69) is 4.72 Å². The van der Waals surface area contributed by atoms with Gasteiger partial charge < -0.3 is 4.74 Å². The third kappa shape index (κ3) is 9.90. The maximum atomic E-state index is 11.4. The average Bonchev–Trinajstić information content (AvgIpc) is 2.11. The molecule has 0 aromatic carbocycles. The number of rotatable bonds is 8. The molecule has 0 aliphatic rings. The van der Waals surface area contributed by atoms with Gasteiger partial charge in [0.15, 0.2) is 0 Å². The van der Waals surface area contributed by atoms with Crippen molar-refractivity contribution in [1.82, 2.24) is 4.72 Å². The summed E-state index contributed by atoms with van der Waals surface area (Å²) in [4.78, 5) is 0. The van der Waals surface area contributed by atoms with Crippen LogP contribution in [0.2, 0.25) is 0 Å². The van der Waals surface area contributed by atoms with Gasteiger partial charge in [0, 0.05) is 6.54 Å². The Morgan fingerprint density at radius 3 is 2.60 bits per heavy atom. The van der Waals surface area contributed by atoms with Gasteiger partial charge in [-0.25, -0.2) is 13.1 Å². The van der Waals surface area contributed by atoms with Gasteiger partial charge in [0.05, 0.1) is 18.5 Å². The van der Waals surface area contributed by atoms with Crippen LogP contribution in [0.25, 0.3) is 0 Å². The molecular formula is C10H21NO3S. The van der Waals surface area contributed by atoms with Gasteiger partial charge in [-0.3, -0.25) is 0 Å². The second-order valence-electron chi connectivity index (χ2n) is 3.49. The van der Waals surface area contributed by atoms with Crippen molar-refractivity contribution in [3.05, 3.63) is 12.2 Å². The van der Waals surface area contributed by atoms with Crippen LogP contribution in [0.15, 0.2) is 12.2 Å². The molecule has 0 atom stereocenters. The Bertz CT molecular complexity index is 270. The van der Waals surface area contributed by atoms with Crippen LogP contribution >= 0.6 is 0 Å². The summed E-state index contributed by atoms with van der Waals surface area (Å²) in [6.07, 6.45) is 4.62. The molecule has 0 aliphatic carbocycles. The number of sulfonamides is 1. The van der Waals surface area contributed by atoms with Crippen LogP contribution in [0.1, 0.15) is 27.2 Å². The minimum absolute atomic E-state index is 0.0288. The molecule has 0 fully saturated rings. The maximum absolute atomic E-state index is 11.4. The van der Waals surface area contributed by atoms with Crippen molar-refractivity contribution in [2.24, 2.45) is 0 Å². The number of ether oxygens (including phenoxy) is 1. The molecule has 15 heavy (non-hydrogen) atoms. The number of hydrogen-bond donors (Lipinski definition) is 1. The molecule has 0 bridgehead atoms. The molecule has 0 aliphatic heterocycles. The lowest BCUT2D eigenvalue weighted by Gasteiger charge is -2.08. The van der Waals surface area contributed by atoms with E-state index >= 15 is 0 Å². The summed E-state index contributed by atoms with van der Waals surface area (Å²) < 4.78 is 30.4. The SMILES string of the molecule is C/C=C/CCNS(=O)(=O)CCOC(C)C. The zero-order valence-electron chi connectivity index (χ0n) is 9.69. The molecule has 0 aromatic rings. The van der Waals surface area contributed by atoms with Gasteiger partial charge in [0.25, 0.3) is 0 Å². The third-order valence-electron chi connectivity index (χ3n) is 1.67. The van der Waals surface area contributed by atoms with Gasteiger partial charge in [-0.2, -0.15) is 0 Å². The summed E-state index contributed by atoms with van der Waals surface area (Å²) in [5.74, 6) is 0.0288. The highest BCUT2D eigenvalue weighted by Gasteiger charge is 2.08. The highest BCUT2D eigenvalue weighted by atomic mass is 32.2. The molecule has 0 rings (SSSR count). The Kier molecular flexibility index (Phi) is 7.64. The van der Waals surface area contributed by atoms with Crippen LogP contribution in [0.3, 0.4) is 0 Å². The summed E-state index contributed by atoms with van der Waals surface area (Å²) in [7, 11) is -3.17. The van der Waals surface area contributed by atoms with Crippen LogP contribution in [0.5, 0.6) is 0 Å². The highest BCUT2D eigenvalue weighted by Crippen LogP contribution is 1.91. The van der Waals surface area contributed by atoms with Gasteiger partial charge in [-0.15, -0.1) is 0 Å². The van der Waals surface area contributed by atoms with Crippen molar-refractivity contribution in [2.45, 2.75) is 33.3 Å². The normalized spacial score (nSPS) is 12.8. The number of hydrogen-bond acceptors (Lipinski definition) is 3. The molecule has 90 valence electrons. The predicted molar refractivity (Wildman–Crippen MR) is 62.3 cm³/mol. The first-order valence-corrected chi connectivity index (χ1v) is 6.83. The van der Waals surface area contributed by atoms with Crippen molar-refractivity contribution in [3.63, 3.8) is 0 Å². The zero-order valence-corrected chi connectivity index (χ0v) is 10.5. The maximum Gasteiger partial charge on any atom is 0.213 e.